The molecule has 0 aliphatic carbocycles. The van der Waals surface area contributed by atoms with Crippen LogP contribution in [0, 0.1) is 0 Å². The number of hydrogen-bond donors (Lipinski definition) is 6. The van der Waals surface area contributed by atoms with E-state index in [1.54, 1.807) is 0 Å². The van der Waals surface area contributed by atoms with Crippen LogP contribution in [0.4, 0.5) is 0 Å². The second-order valence-corrected chi connectivity index (χ2v) is 13.8. The lowest BCUT2D eigenvalue weighted by Crippen LogP contribution is -2.19. The van der Waals surface area contributed by atoms with Gasteiger partial charge in [-0.15, -0.1) is 11.8 Å². The van der Waals surface area contributed by atoms with Crippen molar-refractivity contribution < 1.29 is 14.9 Å². The van der Waals surface area contributed by atoms with Crippen LogP contribution >= 0.6 is 11.8 Å². The van der Waals surface area contributed by atoms with Crippen LogP contribution in [-0.4, -0.2) is 104 Å². The van der Waals surface area contributed by atoms with Crippen LogP contribution < -0.4 is 4.74 Å². The van der Waals surface area contributed by atoms with E-state index in [1.165, 1.54) is 4.90 Å². The summed E-state index contributed by atoms with van der Waals surface area (Å²) in [6.45, 7) is 2.53. The van der Waals surface area contributed by atoms with E-state index in [1.807, 2.05) is 98.7 Å². The van der Waals surface area contributed by atoms with Crippen LogP contribution in [0.1, 0.15) is 0 Å². The van der Waals surface area contributed by atoms with E-state index in [-0.39, 0.29) is 11.8 Å². The molecule has 0 amide bonds. The average molecular weight is 689 g/mol. The zero-order valence-corrected chi connectivity index (χ0v) is 29.2. The molecule has 11 nitrogen and oxygen atoms in total. The zero-order chi connectivity index (χ0) is 34.8. The smallest absolute Gasteiger partial charge is 0.200 e. The molecule has 8 rings (SSSR count). The minimum atomic E-state index is 0.114. The number of aromatic hydroxyl groups is 2. The van der Waals surface area contributed by atoms with E-state index in [9.17, 15) is 10.2 Å². The van der Waals surface area contributed by atoms with Crippen molar-refractivity contribution in [2.45, 2.75) is 4.90 Å². The van der Waals surface area contributed by atoms with E-state index in [4.69, 9.17) is 4.74 Å². The number of imidazole rings is 2. The number of aromatic nitrogens is 6. The fourth-order valence-electron chi connectivity index (χ4n) is 5.82. The molecule has 0 spiro atoms. The lowest BCUT2D eigenvalue weighted by Gasteiger charge is -2.10. The average Bonchev–Trinajstić information content (AvgIpc) is 3.85. The highest BCUT2D eigenvalue weighted by molar-refractivity contribution is 7.99. The van der Waals surface area contributed by atoms with Gasteiger partial charge in [-0.05, 0) is 70.7 Å². The van der Waals surface area contributed by atoms with E-state index in [0.717, 1.165) is 68.5 Å². The van der Waals surface area contributed by atoms with Crippen molar-refractivity contribution in [3.8, 4) is 40.3 Å². The van der Waals surface area contributed by atoms with Gasteiger partial charge in [0.15, 0.2) is 0 Å². The Labute approximate surface area is 293 Å². The van der Waals surface area contributed by atoms with Gasteiger partial charge in [-0.2, -0.15) is 0 Å². The first-order valence-electron chi connectivity index (χ1n) is 16.4. The molecule has 50 heavy (non-hydrogen) atoms. The number of benzene rings is 4. The molecule has 0 unspecified atom stereocenters. The van der Waals surface area contributed by atoms with Gasteiger partial charge in [0, 0.05) is 51.6 Å². The van der Waals surface area contributed by atoms with Gasteiger partial charge in [-0.25, -0.2) is 9.97 Å². The molecule has 4 heterocycles. The number of aromatic amines is 4. The highest BCUT2D eigenvalue weighted by Crippen LogP contribution is 2.37. The van der Waals surface area contributed by atoms with Gasteiger partial charge in [0.2, 0.25) is 11.8 Å². The van der Waals surface area contributed by atoms with Gasteiger partial charge in [-0.1, -0.05) is 36.4 Å². The molecule has 6 N–H and O–H groups in total. The Morgan fingerprint density at radius 3 is 1.74 bits per heavy atom. The molecule has 0 fully saturated rings. The summed E-state index contributed by atoms with van der Waals surface area (Å²) < 4.78 is 5.77. The second kappa shape index (κ2) is 14.2. The number of ether oxygens (including phenoxy) is 1. The fourth-order valence-corrected chi connectivity index (χ4v) is 6.88. The molecule has 0 aliphatic rings. The first-order valence-corrected chi connectivity index (χ1v) is 17.4. The summed E-state index contributed by atoms with van der Waals surface area (Å²) in [5, 5.41) is 22.5. The van der Waals surface area contributed by atoms with E-state index < -0.39 is 0 Å². The third-order valence-corrected chi connectivity index (χ3v) is 9.34. The minimum Gasteiger partial charge on any atom is -0.494 e. The van der Waals surface area contributed by atoms with Gasteiger partial charge in [0.1, 0.15) is 24.0 Å². The monoisotopic (exact) mass is 688 g/mol. The molecule has 8 aromatic rings. The Kier molecular flexibility index (Phi) is 9.40. The van der Waals surface area contributed by atoms with E-state index in [2.05, 4.69) is 65.9 Å². The van der Waals surface area contributed by atoms with Crippen LogP contribution in [0.3, 0.4) is 0 Å². The first-order chi connectivity index (χ1) is 24.2. The van der Waals surface area contributed by atoms with Crippen LogP contribution in [0.2, 0.25) is 0 Å². The van der Waals surface area contributed by atoms with Gasteiger partial charge in [0.25, 0.3) is 0 Å². The SMILES string of the molecule is CN(C)CCOc1ccc2nc(-c3c(O)[nH]c4ccccc34)[nH]c2c1.CN(C)CCSc1ccc2nc(-c3c(O)[nH]c4ccccc34)[nH]c2c1. The predicted molar refractivity (Wildman–Crippen MR) is 203 cm³/mol. The lowest BCUT2D eigenvalue weighted by atomic mass is 10.1. The number of likely N-dealkylation sites (N-methyl/N-ethyl adjacent to an activating group) is 1. The molecule has 0 saturated heterocycles. The Morgan fingerprint density at radius 2 is 1.16 bits per heavy atom. The number of rotatable bonds is 10. The maximum absolute atomic E-state index is 10.3. The topological polar surface area (TPSA) is 145 Å². The summed E-state index contributed by atoms with van der Waals surface area (Å²) in [6.07, 6.45) is 0. The molecule has 0 atom stereocenters. The second-order valence-electron chi connectivity index (χ2n) is 12.6. The van der Waals surface area contributed by atoms with E-state index >= 15 is 0 Å². The molecule has 4 aromatic heterocycles. The van der Waals surface area contributed by atoms with Gasteiger partial charge in [-0.3, -0.25) is 0 Å². The van der Waals surface area contributed by atoms with E-state index in [0.29, 0.717) is 29.4 Å². The van der Waals surface area contributed by atoms with Gasteiger partial charge < -0.3 is 44.7 Å². The summed E-state index contributed by atoms with van der Waals surface area (Å²) in [5.41, 5.74) is 6.77. The van der Waals surface area contributed by atoms with Crippen molar-refractivity contribution in [2.24, 2.45) is 0 Å². The molecule has 256 valence electrons. The highest BCUT2D eigenvalue weighted by atomic mass is 32.2. The maximum Gasteiger partial charge on any atom is 0.200 e. The maximum atomic E-state index is 10.3. The fraction of sp³-hybridized carbons (Fsp3) is 0.211. The van der Waals surface area contributed by atoms with Crippen molar-refractivity contribution in [2.75, 3.05) is 53.6 Å². The highest BCUT2D eigenvalue weighted by Gasteiger charge is 2.18. The van der Waals surface area contributed by atoms with Gasteiger partial charge in [0.05, 0.1) is 33.2 Å². The number of thioether (sulfide) groups is 1. The van der Waals surface area contributed by atoms with Crippen molar-refractivity contribution in [3.63, 3.8) is 0 Å². The number of hydrogen-bond acceptors (Lipinski definition) is 8. The lowest BCUT2D eigenvalue weighted by molar-refractivity contribution is 0.261. The van der Waals surface area contributed by atoms with Crippen molar-refractivity contribution >= 4 is 55.6 Å². The summed E-state index contributed by atoms with van der Waals surface area (Å²) in [7, 11) is 8.19. The summed E-state index contributed by atoms with van der Waals surface area (Å²) in [6, 6.07) is 27.6. The van der Waals surface area contributed by atoms with Crippen LogP contribution in [0.15, 0.2) is 89.8 Å². The van der Waals surface area contributed by atoms with Crippen molar-refractivity contribution in [1.29, 1.82) is 0 Å². The molecule has 12 heteroatoms. The number of para-hydroxylation sites is 2. The standard InChI is InChI=1S/C19H20N4O2.C19H20N4OS/c2*1-23(2)9-10-25-12-7-8-15-16(11-12)21-18(20-15)17-13-5-3-4-6-14(13)22-19(17)24/h2*3-8,11,22,24H,9-10H2,1-2H3,(H,20,21). The number of H-pyrrole nitrogens is 4. The third kappa shape index (κ3) is 6.99. The predicted octanol–water partition coefficient (Wildman–Crippen LogP) is 7.43. The molecule has 0 saturated carbocycles. The van der Waals surface area contributed by atoms with Crippen molar-refractivity contribution in [1.82, 2.24) is 39.7 Å². The largest absolute Gasteiger partial charge is 0.494 e. The quantitative estimate of drug-likeness (QED) is 0.0815. The number of fused-ring (bicyclic) bond motifs is 4. The Hall–Kier alpha value is -5.43. The van der Waals surface area contributed by atoms with Gasteiger partial charge >= 0.3 is 0 Å². The van der Waals surface area contributed by atoms with Crippen LogP contribution in [0.5, 0.6) is 17.5 Å². The Balaban J connectivity index is 0.000000157. The normalized spacial score (nSPS) is 11.7. The molecule has 0 radical (unpaired) electrons. The molecule has 0 aliphatic heterocycles. The summed E-state index contributed by atoms with van der Waals surface area (Å²) >= 11 is 1.83. The molecular formula is C38H40N8O3S. The Morgan fingerprint density at radius 1 is 0.620 bits per heavy atom. The molecule has 4 aromatic carbocycles. The Bertz CT molecular complexity index is 2240. The summed E-state index contributed by atoms with van der Waals surface area (Å²) in [5.74, 6) is 3.41. The van der Waals surface area contributed by atoms with Crippen LogP contribution in [-0.2, 0) is 0 Å². The van der Waals surface area contributed by atoms with Crippen LogP contribution in [0.25, 0.3) is 66.6 Å². The third-order valence-electron chi connectivity index (χ3n) is 8.37. The zero-order valence-electron chi connectivity index (χ0n) is 28.4. The van der Waals surface area contributed by atoms with Crippen molar-refractivity contribution in [3.05, 3.63) is 84.9 Å². The number of nitrogens with zero attached hydrogens (tertiary/aromatic N) is 4. The molecular weight excluding hydrogens is 649 g/mol. The minimum absolute atomic E-state index is 0.114. The number of nitrogens with one attached hydrogen (secondary N) is 4. The molecule has 0 bridgehead atoms. The first kappa shape index (κ1) is 33.1. The summed E-state index contributed by atoms with van der Waals surface area (Å²) in [4.78, 5) is 27.4.